The van der Waals surface area contributed by atoms with Gasteiger partial charge >= 0.3 is 7.12 Å². The summed E-state index contributed by atoms with van der Waals surface area (Å²) in [7, 11) is -1.46. The molecule has 0 amide bonds. The van der Waals surface area contributed by atoms with E-state index in [0.717, 1.165) is 5.56 Å². The summed E-state index contributed by atoms with van der Waals surface area (Å²) in [5.41, 5.74) is 1.37. The average molecular weight is 263 g/mol. The van der Waals surface area contributed by atoms with E-state index >= 15 is 0 Å². The van der Waals surface area contributed by atoms with Crippen LogP contribution in [0.25, 0.3) is 0 Å². The smallest absolute Gasteiger partial charge is 0.457 e. The van der Waals surface area contributed by atoms with Crippen LogP contribution in [0, 0.1) is 6.92 Å². The lowest BCUT2D eigenvalue weighted by Crippen LogP contribution is -2.29. The molecule has 3 nitrogen and oxygen atoms in total. The van der Waals surface area contributed by atoms with Gasteiger partial charge in [0, 0.05) is 5.02 Å². The van der Waals surface area contributed by atoms with Crippen LogP contribution in [0.1, 0.15) is 5.56 Å². The molecule has 5 heteroatoms. The van der Waals surface area contributed by atoms with Gasteiger partial charge in [0.1, 0.15) is 11.5 Å². The van der Waals surface area contributed by atoms with Gasteiger partial charge in [-0.05, 0) is 48.3 Å². The lowest BCUT2D eigenvalue weighted by atomic mass is 9.80. The van der Waals surface area contributed by atoms with Gasteiger partial charge in [-0.2, -0.15) is 0 Å². The van der Waals surface area contributed by atoms with Crippen LogP contribution in [-0.2, 0) is 0 Å². The summed E-state index contributed by atoms with van der Waals surface area (Å²) in [5, 5.41) is 18.6. The highest BCUT2D eigenvalue weighted by atomic mass is 35.5. The molecule has 0 aliphatic carbocycles. The molecule has 18 heavy (non-hydrogen) atoms. The zero-order chi connectivity index (χ0) is 13.1. The van der Waals surface area contributed by atoms with Gasteiger partial charge < -0.3 is 14.8 Å². The maximum atomic E-state index is 8.97. The third-order valence-corrected chi connectivity index (χ3v) is 2.97. The van der Waals surface area contributed by atoms with Crippen molar-refractivity contribution >= 4 is 24.2 Å². The van der Waals surface area contributed by atoms with Crippen LogP contribution in [0.2, 0.25) is 5.02 Å². The first kappa shape index (κ1) is 13.0. The normalized spacial score (nSPS) is 10.2. The van der Waals surface area contributed by atoms with E-state index in [1.54, 1.807) is 36.4 Å². The standard InChI is InChI=1S/C13H12BClO3/c1-9-8-12(6-7-13(9)15)18-11-4-2-10(3-5-11)14(16)17/h2-8,16-17H,1H3. The Balaban J connectivity index is 2.15. The van der Waals surface area contributed by atoms with Crippen molar-refractivity contribution < 1.29 is 14.8 Å². The molecule has 0 unspecified atom stereocenters. The molecule has 2 N–H and O–H groups in total. The highest BCUT2D eigenvalue weighted by Gasteiger charge is 2.10. The fourth-order valence-electron chi connectivity index (χ4n) is 1.52. The maximum absolute atomic E-state index is 8.97. The first-order valence-electron chi connectivity index (χ1n) is 5.46. The van der Waals surface area contributed by atoms with Crippen molar-refractivity contribution in [2.45, 2.75) is 6.92 Å². The fraction of sp³-hybridized carbons (Fsp3) is 0.0769. The van der Waals surface area contributed by atoms with Crippen LogP contribution in [0.4, 0.5) is 0 Å². The number of ether oxygens (including phenoxy) is 1. The Bertz CT molecular complexity index is 540. The second kappa shape index (κ2) is 5.44. The monoisotopic (exact) mass is 262 g/mol. The predicted molar refractivity (Wildman–Crippen MR) is 72.5 cm³/mol. The summed E-state index contributed by atoms with van der Waals surface area (Å²) in [6.07, 6.45) is 0. The Morgan fingerprint density at radius 1 is 1.00 bits per heavy atom. The highest BCUT2D eigenvalue weighted by Crippen LogP contribution is 2.25. The van der Waals surface area contributed by atoms with Gasteiger partial charge in [-0.25, -0.2) is 0 Å². The number of aryl methyl sites for hydroxylation is 1. The van der Waals surface area contributed by atoms with Crippen molar-refractivity contribution in [3.05, 3.63) is 53.1 Å². The van der Waals surface area contributed by atoms with Gasteiger partial charge in [-0.15, -0.1) is 0 Å². The molecule has 92 valence electrons. The van der Waals surface area contributed by atoms with E-state index < -0.39 is 7.12 Å². The first-order valence-corrected chi connectivity index (χ1v) is 5.84. The van der Waals surface area contributed by atoms with Crippen LogP contribution < -0.4 is 10.2 Å². The Kier molecular flexibility index (Phi) is 3.92. The topological polar surface area (TPSA) is 49.7 Å². The molecule has 0 saturated heterocycles. The number of halogens is 1. The molecule has 0 aliphatic heterocycles. The van der Waals surface area contributed by atoms with Gasteiger partial charge in [0.2, 0.25) is 0 Å². The molecule has 2 aromatic rings. The second-order valence-electron chi connectivity index (χ2n) is 3.96. The van der Waals surface area contributed by atoms with Crippen molar-refractivity contribution in [2.24, 2.45) is 0 Å². The van der Waals surface area contributed by atoms with Gasteiger partial charge in [0.15, 0.2) is 0 Å². The predicted octanol–water partition coefficient (Wildman–Crippen LogP) is 2.12. The minimum absolute atomic E-state index is 0.426. The first-order chi connectivity index (χ1) is 8.56. The van der Waals surface area contributed by atoms with Crippen molar-refractivity contribution in [1.82, 2.24) is 0 Å². The third kappa shape index (κ3) is 3.04. The lowest BCUT2D eigenvalue weighted by molar-refractivity contribution is 0.425. The van der Waals surface area contributed by atoms with E-state index in [2.05, 4.69) is 0 Å². The number of hydrogen-bond acceptors (Lipinski definition) is 3. The third-order valence-electron chi connectivity index (χ3n) is 2.54. The van der Waals surface area contributed by atoms with Crippen molar-refractivity contribution in [3.63, 3.8) is 0 Å². The van der Waals surface area contributed by atoms with Crippen molar-refractivity contribution in [2.75, 3.05) is 0 Å². The summed E-state index contributed by atoms with van der Waals surface area (Å²) in [4.78, 5) is 0. The number of rotatable bonds is 3. The molecule has 2 aromatic carbocycles. The highest BCUT2D eigenvalue weighted by molar-refractivity contribution is 6.58. The molecular formula is C13H12BClO3. The molecule has 0 fully saturated rings. The van der Waals surface area contributed by atoms with Crippen LogP contribution in [0.5, 0.6) is 11.5 Å². The minimum atomic E-state index is -1.46. The Hall–Kier alpha value is -1.49. The zero-order valence-electron chi connectivity index (χ0n) is 9.80. The van der Waals surface area contributed by atoms with Gasteiger partial charge in [0.25, 0.3) is 0 Å². The molecule has 0 radical (unpaired) electrons. The second-order valence-corrected chi connectivity index (χ2v) is 4.36. The van der Waals surface area contributed by atoms with E-state index in [1.807, 2.05) is 13.0 Å². The van der Waals surface area contributed by atoms with Crippen molar-refractivity contribution in [1.29, 1.82) is 0 Å². The molecule has 0 spiro atoms. The van der Waals surface area contributed by atoms with Crippen LogP contribution in [-0.4, -0.2) is 17.2 Å². The molecule has 0 aromatic heterocycles. The molecule has 2 rings (SSSR count). The molecule has 0 heterocycles. The average Bonchev–Trinajstić information content (AvgIpc) is 2.34. The van der Waals surface area contributed by atoms with Gasteiger partial charge in [-0.1, -0.05) is 23.7 Å². The Morgan fingerprint density at radius 2 is 1.61 bits per heavy atom. The zero-order valence-corrected chi connectivity index (χ0v) is 10.6. The molecule has 0 atom stereocenters. The molecule has 0 bridgehead atoms. The van der Waals surface area contributed by atoms with E-state index in [0.29, 0.717) is 22.0 Å². The quantitative estimate of drug-likeness (QED) is 0.833. The van der Waals surface area contributed by atoms with Crippen molar-refractivity contribution in [3.8, 4) is 11.5 Å². The van der Waals surface area contributed by atoms with E-state index in [9.17, 15) is 0 Å². The molecule has 0 aliphatic rings. The Morgan fingerprint density at radius 3 is 2.17 bits per heavy atom. The van der Waals surface area contributed by atoms with E-state index in [4.69, 9.17) is 26.4 Å². The van der Waals surface area contributed by atoms with Gasteiger partial charge in [-0.3, -0.25) is 0 Å². The van der Waals surface area contributed by atoms with E-state index in [-0.39, 0.29) is 0 Å². The summed E-state index contributed by atoms with van der Waals surface area (Å²) in [5.74, 6) is 1.32. The van der Waals surface area contributed by atoms with Crippen LogP contribution in [0.15, 0.2) is 42.5 Å². The molecule has 0 saturated carbocycles. The van der Waals surface area contributed by atoms with Crippen LogP contribution >= 0.6 is 11.6 Å². The molecular weight excluding hydrogens is 250 g/mol. The van der Waals surface area contributed by atoms with Crippen LogP contribution in [0.3, 0.4) is 0 Å². The van der Waals surface area contributed by atoms with Gasteiger partial charge in [0.05, 0.1) is 0 Å². The SMILES string of the molecule is Cc1cc(Oc2ccc(B(O)O)cc2)ccc1Cl. The minimum Gasteiger partial charge on any atom is -0.457 e. The summed E-state index contributed by atoms with van der Waals surface area (Å²) >= 11 is 5.93. The largest absolute Gasteiger partial charge is 0.488 e. The lowest BCUT2D eigenvalue weighted by Gasteiger charge is -2.08. The summed E-state index contributed by atoms with van der Waals surface area (Å²) < 4.78 is 5.63. The Labute approximate surface area is 111 Å². The number of hydrogen-bond donors (Lipinski definition) is 2. The van der Waals surface area contributed by atoms with E-state index in [1.165, 1.54) is 0 Å². The fourth-order valence-corrected chi connectivity index (χ4v) is 1.64. The summed E-state index contributed by atoms with van der Waals surface area (Å²) in [6.45, 7) is 1.90. The summed E-state index contributed by atoms with van der Waals surface area (Å²) in [6, 6.07) is 12.0. The number of benzene rings is 2. The maximum Gasteiger partial charge on any atom is 0.488 e.